The van der Waals surface area contributed by atoms with Crippen molar-refractivity contribution in [3.05, 3.63) is 0 Å². The molecule has 0 radical (unpaired) electrons. The van der Waals surface area contributed by atoms with Crippen LogP contribution in [0.1, 0.15) is 91.9 Å². The first-order valence-corrected chi connectivity index (χ1v) is 22.6. The highest BCUT2D eigenvalue weighted by Crippen LogP contribution is 2.61. The van der Waals surface area contributed by atoms with E-state index in [0.29, 0.717) is 36.5 Å². The van der Waals surface area contributed by atoms with E-state index in [1.165, 1.54) is 19.3 Å². The number of alkyl halides is 1. The van der Waals surface area contributed by atoms with E-state index >= 15 is 4.39 Å². The fourth-order valence-electron chi connectivity index (χ4n) is 12.8. The highest BCUT2D eigenvalue weighted by Gasteiger charge is 2.58. The van der Waals surface area contributed by atoms with Gasteiger partial charge in [0.1, 0.15) is 18.3 Å². The lowest BCUT2D eigenvalue weighted by atomic mass is 9.45. The molecule has 0 aromatic heterocycles. The molecular weight excluding hydrogens is 728 g/mol. The lowest BCUT2D eigenvalue weighted by molar-refractivity contribution is -0.199. The number of aliphatic hydroxyl groups is 2. The van der Waals surface area contributed by atoms with Crippen molar-refractivity contribution >= 4 is 11.8 Å². The van der Waals surface area contributed by atoms with Crippen molar-refractivity contribution in [2.24, 2.45) is 58.7 Å². The van der Waals surface area contributed by atoms with E-state index < -0.39 is 42.4 Å². The number of hydrogen-bond donors (Lipinski definition) is 5. The minimum absolute atomic E-state index is 0.0159. The monoisotopic (exact) mass is 807 g/mol. The second-order valence-corrected chi connectivity index (χ2v) is 20.6. The maximum absolute atomic E-state index is 16.4. The van der Waals surface area contributed by atoms with Crippen LogP contribution in [0.5, 0.6) is 0 Å². The molecule has 7 fully saturated rings. The molecule has 57 heavy (non-hydrogen) atoms. The quantitative estimate of drug-likeness (QED) is 0.168. The number of piperidine rings is 1. The van der Waals surface area contributed by atoms with Crippen LogP contribution in [0, 0.1) is 58.7 Å². The van der Waals surface area contributed by atoms with Gasteiger partial charge in [0.05, 0.1) is 18.8 Å². The molecule has 2 aliphatic heterocycles. The van der Waals surface area contributed by atoms with Crippen LogP contribution in [0.4, 0.5) is 4.39 Å². The highest BCUT2D eigenvalue weighted by molar-refractivity contribution is 5.83. The van der Waals surface area contributed by atoms with Crippen LogP contribution in [0.2, 0.25) is 0 Å². The van der Waals surface area contributed by atoms with Gasteiger partial charge in [-0.1, -0.05) is 20.8 Å². The third kappa shape index (κ3) is 9.87. The Kier molecular flexibility index (Phi) is 15.1. The molecule has 13 heteroatoms. The summed E-state index contributed by atoms with van der Waals surface area (Å²) in [6.45, 7) is 11.1. The Labute approximate surface area is 343 Å². The molecule has 7 rings (SSSR count). The zero-order valence-electron chi connectivity index (χ0n) is 36.7. The van der Waals surface area contributed by atoms with Gasteiger partial charge in [0.2, 0.25) is 11.8 Å². The maximum Gasteiger partial charge on any atom is 0.240 e. The number of hydroxylamine groups is 2. The van der Waals surface area contributed by atoms with E-state index in [1.54, 1.807) is 19.1 Å². The van der Waals surface area contributed by atoms with E-state index in [-0.39, 0.29) is 66.3 Å². The van der Waals surface area contributed by atoms with Crippen molar-refractivity contribution in [2.75, 3.05) is 68.1 Å². The van der Waals surface area contributed by atoms with Crippen LogP contribution in [0.3, 0.4) is 0 Å². The number of hydrogen-bond acceptors (Lipinski definition) is 10. The molecule has 328 valence electrons. The van der Waals surface area contributed by atoms with Crippen molar-refractivity contribution in [1.29, 1.82) is 0 Å². The fourth-order valence-corrected chi connectivity index (χ4v) is 12.8. The molecule has 2 bridgehead atoms. The lowest BCUT2D eigenvalue weighted by Crippen LogP contribution is -2.62. The van der Waals surface area contributed by atoms with E-state index in [0.717, 1.165) is 51.7 Å². The van der Waals surface area contributed by atoms with Gasteiger partial charge in [-0.05, 0) is 153 Å². The number of aliphatic hydroxyl groups excluding tert-OH is 2. The van der Waals surface area contributed by atoms with E-state index in [2.05, 4.69) is 74.7 Å². The topological polar surface area (TPSA) is 139 Å². The Balaban J connectivity index is 1.18. The molecular formula is C44H79FN6O6. The van der Waals surface area contributed by atoms with Gasteiger partial charge in [0.15, 0.2) is 0 Å². The third-order valence-electron chi connectivity index (χ3n) is 16.2. The number of carbonyl (C=O) groups is 2. The molecule has 8 unspecified atom stereocenters. The summed E-state index contributed by atoms with van der Waals surface area (Å²) in [6, 6.07) is -0.584. The van der Waals surface area contributed by atoms with Gasteiger partial charge >= 0.3 is 0 Å². The summed E-state index contributed by atoms with van der Waals surface area (Å²) in [5.41, 5.74) is 0.270. The average molecular weight is 807 g/mol. The first kappa shape index (κ1) is 45.1. The number of likely N-dealkylation sites (N-methyl/N-ethyl adjacent to an activating group) is 1. The first-order valence-electron chi connectivity index (χ1n) is 22.6. The number of rotatable bonds is 15. The van der Waals surface area contributed by atoms with Gasteiger partial charge in [-0.2, -0.15) is 5.06 Å². The molecule has 0 aromatic carbocycles. The Morgan fingerprint density at radius 1 is 1.07 bits per heavy atom. The van der Waals surface area contributed by atoms with Crippen molar-refractivity contribution < 1.29 is 33.8 Å². The van der Waals surface area contributed by atoms with Crippen LogP contribution in [0.15, 0.2) is 0 Å². The number of halogens is 1. The molecule has 5 saturated carbocycles. The molecule has 2 saturated heterocycles. The van der Waals surface area contributed by atoms with Crippen molar-refractivity contribution in [1.82, 2.24) is 30.8 Å². The zero-order chi connectivity index (χ0) is 41.3. The maximum atomic E-state index is 16.4. The second-order valence-electron chi connectivity index (χ2n) is 20.6. The zero-order valence-corrected chi connectivity index (χ0v) is 36.7. The smallest absolute Gasteiger partial charge is 0.240 e. The van der Waals surface area contributed by atoms with Gasteiger partial charge in [-0.3, -0.25) is 14.4 Å². The standard InChI is InChI=1S/C44H79FN6O6/c1-25-35-19-30(44(35,3)4)20-37(25)48-43(55)40-39(26(2)53)38(24-52)57-51(40)23-34-36(45)13-12-33(41(34)56-9)28-16-29(18-32(17-28)50(7)8)42(54)47-31(22-49(5)6)15-27-11-10-14-46-21-27/h25-41,46,52-53H,10-24H2,1-9H3,(H,47,54)(H,48,55)/t25-,26-,27?,28?,29?,30+,31-,32?,33?,34?,35-,36?,37-,38-,39-,40-,41?/m0/s1. The minimum atomic E-state index is -1.18. The summed E-state index contributed by atoms with van der Waals surface area (Å²) >= 11 is 0. The molecule has 5 aliphatic carbocycles. The highest BCUT2D eigenvalue weighted by atomic mass is 19.1. The number of nitrogens with one attached hydrogen (secondary N) is 3. The first-order chi connectivity index (χ1) is 27.0. The summed E-state index contributed by atoms with van der Waals surface area (Å²) in [6.07, 6.45) is 5.50. The van der Waals surface area contributed by atoms with E-state index in [4.69, 9.17) is 9.57 Å². The summed E-state index contributed by atoms with van der Waals surface area (Å²) in [5.74, 6) is 0.593. The number of carbonyl (C=O) groups excluding carboxylic acids is 2. The molecule has 2 amide bonds. The molecule has 0 aromatic rings. The largest absolute Gasteiger partial charge is 0.394 e. The van der Waals surface area contributed by atoms with Crippen LogP contribution in [0.25, 0.3) is 0 Å². The molecule has 5 N–H and O–H groups in total. The Morgan fingerprint density at radius 3 is 2.42 bits per heavy atom. The minimum Gasteiger partial charge on any atom is -0.394 e. The average Bonchev–Trinajstić information content (AvgIpc) is 3.54. The molecule has 2 heterocycles. The third-order valence-corrected chi connectivity index (χ3v) is 16.2. The Bertz CT molecular complexity index is 1330. The second kappa shape index (κ2) is 19.1. The van der Waals surface area contributed by atoms with Crippen LogP contribution in [-0.2, 0) is 19.2 Å². The molecule has 0 spiro atoms. The lowest BCUT2D eigenvalue weighted by Gasteiger charge is -2.62. The Morgan fingerprint density at radius 2 is 1.82 bits per heavy atom. The molecule has 12 nitrogen and oxygen atoms in total. The number of methoxy groups -OCH3 is 1. The number of fused-ring (bicyclic) bond motifs is 2. The summed E-state index contributed by atoms with van der Waals surface area (Å²) < 4.78 is 22.7. The van der Waals surface area contributed by atoms with Gasteiger partial charge in [0, 0.05) is 56.1 Å². The van der Waals surface area contributed by atoms with Crippen LogP contribution < -0.4 is 16.0 Å². The predicted octanol–water partition coefficient (Wildman–Crippen LogP) is 3.31. The van der Waals surface area contributed by atoms with Gasteiger partial charge in [-0.15, -0.1) is 0 Å². The summed E-state index contributed by atoms with van der Waals surface area (Å²) in [5, 5.41) is 33.4. The van der Waals surface area contributed by atoms with Gasteiger partial charge < -0.3 is 40.7 Å². The normalized spacial score (nSPS) is 42.0. The van der Waals surface area contributed by atoms with Crippen molar-refractivity contribution in [2.45, 2.75) is 141 Å². The number of nitrogens with zero attached hydrogens (tertiary/aromatic N) is 3. The van der Waals surface area contributed by atoms with Crippen molar-refractivity contribution in [3.8, 4) is 0 Å². The van der Waals surface area contributed by atoms with Crippen molar-refractivity contribution in [3.63, 3.8) is 0 Å². The SMILES string of the molecule is COC1C(CN2O[C@@H](CO)[C@H]([C@H](C)O)[C@H]2C(=O)N[C@H]2C[C@H]3C[C@@H]([C@@H]2C)C3(C)C)C(F)CCC1C1CC(C(=O)N[C@@H](CC2CCCNC2)CN(C)C)CC(N(C)C)C1. The van der Waals surface area contributed by atoms with Crippen LogP contribution in [-0.4, -0.2) is 154 Å². The summed E-state index contributed by atoms with van der Waals surface area (Å²) in [4.78, 5) is 39.3. The van der Waals surface area contributed by atoms with Crippen LogP contribution >= 0.6 is 0 Å². The van der Waals surface area contributed by atoms with Gasteiger partial charge in [0.25, 0.3) is 0 Å². The summed E-state index contributed by atoms with van der Waals surface area (Å²) in [7, 11) is 9.97. The number of ether oxygens (including phenoxy) is 1. The Hall–Kier alpha value is -1.45. The number of amides is 2. The van der Waals surface area contributed by atoms with Gasteiger partial charge in [-0.25, -0.2) is 4.39 Å². The predicted molar refractivity (Wildman–Crippen MR) is 220 cm³/mol. The van der Waals surface area contributed by atoms with E-state index in [9.17, 15) is 19.8 Å². The molecule has 17 atom stereocenters. The fraction of sp³-hybridized carbons (Fsp3) is 0.955. The van der Waals surface area contributed by atoms with E-state index in [1.807, 2.05) is 0 Å². The molecule has 7 aliphatic rings.